The van der Waals surface area contributed by atoms with E-state index in [4.69, 9.17) is 5.11 Å². The summed E-state index contributed by atoms with van der Waals surface area (Å²) >= 11 is 0. The smallest absolute Gasteiger partial charge is 0.335 e. The fourth-order valence-corrected chi connectivity index (χ4v) is 2.30. The van der Waals surface area contributed by atoms with Crippen LogP contribution in [-0.2, 0) is 6.54 Å². The molecule has 0 atom stereocenters. The predicted molar refractivity (Wildman–Crippen MR) is 69.3 cm³/mol. The second-order valence-electron chi connectivity index (χ2n) is 4.31. The van der Waals surface area contributed by atoms with Gasteiger partial charge in [-0.25, -0.2) is 4.79 Å². The van der Waals surface area contributed by atoms with Crippen LogP contribution in [0.1, 0.15) is 39.8 Å². The number of hydrogen-bond acceptors (Lipinski definition) is 2. The molecule has 1 heterocycles. The quantitative estimate of drug-likeness (QED) is 0.842. The maximum absolute atomic E-state index is 11.2. The molecule has 0 spiro atoms. The molecule has 0 saturated carbocycles. The van der Waals surface area contributed by atoms with Crippen LogP contribution in [0.25, 0.3) is 10.9 Å². The molecular formula is C14H15NO3. The van der Waals surface area contributed by atoms with E-state index in [1.807, 2.05) is 6.92 Å². The van der Waals surface area contributed by atoms with Gasteiger partial charge < -0.3 is 9.67 Å². The molecule has 4 nitrogen and oxygen atoms in total. The summed E-state index contributed by atoms with van der Waals surface area (Å²) in [5.41, 5.74) is 2.60. The summed E-state index contributed by atoms with van der Waals surface area (Å²) in [5.74, 6) is -0.977. The lowest BCUT2D eigenvalue weighted by molar-refractivity contribution is 0.0697. The van der Waals surface area contributed by atoms with E-state index in [9.17, 15) is 9.59 Å². The lowest BCUT2D eigenvalue weighted by Crippen LogP contribution is -1.99. The summed E-state index contributed by atoms with van der Waals surface area (Å²) in [6.07, 6.45) is 1.76. The van der Waals surface area contributed by atoms with Crippen LogP contribution in [0.5, 0.6) is 0 Å². The van der Waals surface area contributed by atoms with Crippen molar-refractivity contribution in [3.63, 3.8) is 0 Å². The first kappa shape index (κ1) is 12.4. The highest BCUT2D eigenvalue weighted by molar-refractivity contribution is 6.02. The van der Waals surface area contributed by atoms with Gasteiger partial charge in [0.1, 0.15) is 0 Å². The standard InChI is InChI=1S/C14H15NO3/c1-3-6-15-9(2)12(8-16)11-7-10(14(17)18)4-5-13(11)15/h4-5,7-8H,3,6H2,1-2H3,(H,17,18). The first-order valence-corrected chi connectivity index (χ1v) is 5.91. The Balaban J connectivity index is 2.77. The van der Waals surface area contributed by atoms with Crippen molar-refractivity contribution in [1.82, 2.24) is 4.57 Å². The van der Waals surface area contributed by atoms with E-state index in [1.165, 1.54) is 0 Å². The normalized spacial score (nSPS) is 10.8. The van der Waals surface area contributed by atoms with Crippen LogP contribution >= 0.6 is 0 Å². The van der Waals surface area contributed by atoms with Crippen molar-refractivity contribution in [3.05, 3.63) is 35.0 Å². The first-order valence-electron chi connectivity index (χ1n) is 5.91. The molecule has 2 rings (SSSR count). The molecule has 0 aliphatic rings. The Kier molecular flexibility index (Phi) is 3.19. The highest BCUT2D eigenvalue weighted by Crippen LogP contribution is 2.26. The van der Waals surface area contributed by atoms with E-state index in [2.05, 4.69) is 11.5 Å². The minimum absolute atomic E-state index is 0.208. The van der Waals surface area contributed by atoms with Crippen LogP contribution in [0.15, 0.2) is 18.2 Å². The lowest BCUT2D eigenvalue weighted by atomic mass is 10.1. The lowest BCUT2D eigenvalue weighted by Gasteiger charge is -2.05. The van der Waals surface area contributed by atoms with Gasteiger partial charge >= 0.3 is 5.97 Å². The Morgan fingerprint density at radius 3 is 2.72 bits per heavy atom. The number of rotatable bonds is 4. The highest BCUT2D eigenvalue weighted by Gasteiger charge is 2.14. The molecule has 2 aromatic rings. The molecule has 0 unspecified atom stereocenters. The molecule has 0 saturated heterocycles. The van der Waals surface area contributed by atoms with Crippen molar-refractivity contribution in [2.75, 3.05) is 0 Å². The third-order valence-corrected chi connectivity index (χ3v) is 3.18. The van der Waals surface area contributed by atoms with Crippen LogP contribution < -0.4 is 0 Å². The molecule has 0 fully saturated rings. The number of aldehydes is 1. The number of benzene rings is 1. The van der Waals surface area contributed by atoms with Crippen LogP contribution in [-0.4, -0.2) is 21.9 Å². The van der Waals surface area contributed by atoms with Gasteiger partial charge in [-0.1, -0.05) is 6.92 Å². The Morgan fingerprint density at radius 1 is 1.44 bits per heavy atom. The monoisotopic (exact) mass is 245 g/mol. The van der Waals surface area contributed by atoms with Crippen molar-refractivity contribution in [2.24, 2.45) is 0 Å². The van der Waals surface area contributed by atoms with Crippen molar-refractivity contribution in [2.45, 2.75) is 26.8 Å². The zero-order chi connectivity index (χ0) is 13.3. The van der Waals surface area contributed by atoms with Crippen molar-refractivity contribution in [3.8, 4) is 0 Å². The molecule has 94 valence electrons. The van der Waals surface area contributed by atoms with Gasteiger partial charge in [0.25, 0.3) is 0 Å². The Hall–Kier alpha value is -2.10. The van der Waals surface area contributed by atoms with E-state index < -0.39 is 5.97 Å². The van der Waals surface area contributed by atoms with Gasteiger partial charge in [-0.3, -0.25) is 4.79 Å². The van der Waals surface area contributed by atoms with Crippen molar-refractivity contribution in [1.29, 1.82) is 0 Å². The number of carbonyl (C=O) groups is 2. The van der Waals surface area contributed by atoms with Crippen LogP contribution in [0, 0.1) is 6.92 Å². The highest BCUT2D eigenvalue weighted by atomic mass is 16.4. The second kappa shape index (κ2) is 4.64. The summed E-state index contributed by atoms with van der Waals surface area (Å²) in [6, 6.07) is 4.92. The summed E-state index contributed by atoms with van der Waals surface area (Å²) in [5, 5.41) is 9.71. The maximum atomic E-state index is 11.2. The van der Waals surface area contributed by atoms with Gasteiger partial charge in [-0.15, -0.1) is 0 Å². The number of hydrogen-bond donors (Lipinski definition) is 1. The third kappa shape index (κ3) is 1.79. The minimum atomic E-state index is -0.977. The number of carboxylic acids is 1. The van der Waals surface area contributed by atoms with Crippen molar-refractivity contribution < 1.29 is 14.7 Å². The molecule has 0 aliphatic carbocycles. The molecule has 1 N–H and O–H groups in total. The largest absolute Gasteiger partial charge is 0.478 e. The summed E-state index contributed by atoms with van der Waals surface area (Å²) < 4.78 is 2.06. The zero-order valence-electron chi connectivity index (χ0n) is 10.4. The average Bonchev–Trinajstić information content (AvgIpc) is 2.62. The van der Waals surface area contributed by atoms with Gasteiger partial charge in [-0.05, 0) is 31.5 Å². The van der Waals surface area contributed by atoms with Crippen molar-refractivity contribution >= 4 is 23.2 Å². The molecule has 0 bridgehead atoms. The Labute approximate surface area is 105 Å². The van der Waals surface area contributed by atoms with Crippen LogP contribution in [0.2, 0.25) is 0 Å². The van der Waals surface area contributed by atoms with Gasteiger partial charge in [-0.2, -0.15) is 0 Å². The second-order valence-corrected chi connectivity index (χ2v) is 4.31. The molecule has 1 aromatic carbocycles. The van der Waals surface area contributed by atoms with E-state index >= 15 is 0 Å². The number of aryl methyl sites for hydroxylation is 1. The SMILES string of the molecule is CCCn1c(C)c(C=O)c2cc(C(=O)O)ccc21. The summed E-state index contributed by atoms with van der Waals surface area (Å²) in [6.45, 7) is 4.78. The fourth-order valence-electron chi connectivity index (χ4n) is 2.30. The molecule has 0 radical (unpaired) electrons. The Morgan fingerprint density at radius 2 is 2.17 bits per heavy atom. The first-order chi connectivity index (χ1) is 8.60. The van der Waals surface area contributed by atoms with Gasteiger partial charge in [0.2, 0.25) is 0 Å². The molecule has 4 heteroatoms. The summed E-state index contributed by atoms with van der Waals surface area (Å²) in [4.78, 5) is 22.1. The average molecular weight is 245 g/mol. The van der Waals surface area contributed by atoms with E-state index in [-0.39, 0.29) is 5.56 Å². The Bertz CT molecular complexity index is 625. The number of aromatic nitrogens is 1. The number of nitrogens with zero attached hydrogens (tertiary/aromatic N) is 1. The van der Waals surface area contributed by atoms with Gasteiger partial charge in [0, 0.05) is 28.7 Å². The fraction of sp³-hybridized carbons (Fsp3) is 0.286. The van der Waals surface area contributed by atoms with Crippen LogP contribution in [0.4, 0.5) is 0 Å². The molecule has 1 aromatic heterocycles. The topological polar surface area (TPSA) is 59.3 Å². The molecule has 0 aliphatic heterocycles. The van der Waals surface area contributed by atoms with Crippen LogP contribution in [0.3, 0.4) is 0 Å². The maximum Gasteiger partial charge on any atom is 0.335 e. The minimum Gasteiger partial charge on any atom is -0.478 e. The number of fused-ring (bicyclic) bond motifs is 1. The van der Waals surface area contributed by atoms with Gasteiger partial charge in [0.05, 0.1) is 5.56 Å². The number of carboxylic acid groups (broad SMARTS) is 1. The predicted octanol–water partition coefficient (Wildman–Crippen LogP) is 2.87. The van der Waals surface area contributed by atoms with E-state index in [0.29, 0.717) is 5.56 Å². The molecule has 0 amide bonds. The molecule has 18 heavy (non-hydrogen) atoms. The molecular weight excluding hydrogens is 230 g/mol. The van der Waals surface area contributed by atoms with Gasteiger partial charge in [0.15, 0.2) is 6.29 Å². The zero-order valence-corrected chi connectivity index (χ0v) is 10.4. The van der Waals surface area contributed by atoms with E-state index in [0.717, 1.165) is 35.8 Å². The van der Waals surface area contributed by atoms with E-state index in [1.54, 1.807) is 18.2 Å². The third-order valence-electron chi connectivity index (χ3n) is 3.18. The number of aromatic carboxylic acids is 1. The summed E-state index contributed by atoms with van der Waals surface area (Å²) in [7, 11) is 0. The number of carbonyl (C=O) groups excluding carboxylic acids is 1.